The first kappa shape index (κ1) is 13.8. The SMILES string of the molecule is C=C(Br)CNC(=O)c1c[nH]c2cc(Br)c(Br)cc12. The molecule has 1 heterocycles. The molecule has 94 valence electrons. The maximum Gasteiger partial charge on any atom is 0.253 e. The lowest BCUT2D eigenvalue weighted by atomic mass is 10.1. The minimum Gasteiger partial charge on any atom is -0.360 e. The smallest absolute Gasteiger partial charge is 0.253 e. The summed E-state index contributed by atoms with van der Waals surface area (Å²) in [6.07, 6.45) is 1.70. The first-order valence-corrected chi connectivity index (χ1v) is 7.44. The zero-order valence-corrected chi connectivity index (χ0v) is 13.9. The summed E-state index contributed by atoms with van der Waals surface area (Å²) in [6, 6.07) is 3.84. The number of carbonyl (C=O) groups is 1. The molecule has 1 aromatic heterocycles. The Kier molecular flexibility index (Phi) is 4.29. The molecular weight excluding hydrogens is 428 g/mol. The molecule has 0 unspecified atom stereocenters. The van der Waals surface area contributed by atoms with Crippen LogP contribution in [0.25, 0.3) is 10.9 Å². The van der Waals surface area contributed by atoms with Gasteiger partial charge in [-0.05, 0) is 44.0 Å². The Morgan fingerprint density at radius 2 is 2.00 bits per heavy atom. The number of aromatic amines is 1. The molecule has 2 N–H and O–H groups in total. The number of benzene rings is 1. The Labute approximate surface area is 129 Å². The fourth-order valence-corrected chi connectivity index (χ4v) is 2.40. The van der Waals surface area contributed by atoms with Crippen molar-refractivity contribution in [2.45, 2.75) is 0 Å². The Morgan fingerprint density at radius 3 is 2.67 bits per heavy atom. The predicted molar refractivity (Wildman–Crippen MR) is 84.1 cm³/mol. The van der Waals surface area contributed by atoms with Crippen molar-refractivity contribution < 1.29 is 4.79 Å². The van der Waals surface area contributed by atoms with E-state index in [1.165, 1.54) is 0 Å². The van der Waals surface area contributed by atoms with Crippen LogP contribution in [0.1, 0.15) is 10.4 Å². The number of H-pyrrole nitrogens is 1. The molecule has 3 nitrogen and oxygen atoms in total. The lowest BCUT2D eigenvalue weighted by Crippen LogP contribution is -2.24. The van der Waals surface area contributed by atoms with Gasteiger partial charge in [0.1, 0.15) is 0 Å². The summed E-state index contributed by atoms with van der Waals surface area (Å²) in [6.45, 7) is 4.08. The molecule has 0 spiro atoms. The maximum atomic E-state index is 12.0. The van der Waals surface area contributed by atoms with Gasteiger partial charge in [0.05, 0.1) is 5.56 Å². The summed E-state index contributed by atoms with van der Waals surface area (Å²) in [5, 5.41) is 3.66. The van der Waals surface area contributed by atoms with Crippen LogP contribution in [0.3, 0.4) is 0 Å². The van der Waals surface area contributed by atoms with E-state index in [0.717, 1.165) is 24.3 Å². The molecule has 18 heavy (non-hydrogen) atoms. The Balaban J connectivity index is 2.37. The second kappa shape index (κ2) is 5.59. The maximum absolute atomic E-state index is 12.0. The molecule has 0 bridgehead atoms. The Bertz CT molecular complexity index is 634. The Morgan fingerprint density at radius 1 is 1.33 bits per heavy atom. The standard InChI is InChI=1S/C12H9Br3N2O/c1-6(13)4-17-12(18)8-5-16-11-3-10(15)9(14)2-7(8)11/h2-3,5,16H,1,4H2,(H,17,18). The molecule has 0 saturated heterocycles. The molecule has 6 heteroatoms. The largest absolute Gasteiger partial charge is 0.360 e. The summed E-state index contributed by atoms with van der Waals surface area (Å²) in [7, 11) is 0. The van der Waals surface area contributed by atoms with Crippen LogP contribution >= 0.6 is 47.8 Å². The van der Waals surface area contributed by atoms with Crippen LogP contribution in [0.15, 0.2) is 38.3 Å². The second-order valence-corrected chi connectivity index (χ2v) is 6.54. The van der Waals surface area contributed by atoms with Gasteiger partial charge in [-0.1, -0.05) is 22.5 Å². The number of amides is 1. The summed E-state index contributed by atoms with van der Waals surface area (Å²) in [5.41, 5.74) is 1.53. The van der Waals surface area contributed by atoms with Gasteiger partial charge in [-0.2, -0.15) is 0 Å². The van der Waals surface area contributed by atoms with E-state index in [2.05, 4.69) is 64.7 Å². The van der Waals surface area contributed by atoms with Crippen LogP contribution in [0.4, 0.5) is 0 Å². The highest BCUT2D eigenvalue weighted by molar-refractivity contribution is 9.13. The van der Waals surface area contributed by atoms with Crippen molar-refractivity contribution in [3.63, 3.8) is 0 Å². The van der Waals surface area contributed by atoms with Crippen molar-refractivity contribution in [1.82, 2.24) is 10.3 Å². The topological polar surface area (TPSA) is 44.9 Å². The highest BCUT2D eigenvalue weighted by Crippen LogP contribution is 2.30. The van der Waals surface area contributed by atoms with Crippen molar-refractivity contribution in [2.75, 3.05) is 6.54 Å². The monoisotopic (exact) mass is 434 g/mol. The van der Waals surface area contributed by atoms with Crippen LogP contribution in [-0.2, 0) is 0 Å². The van der Waals surface area contributed by atoms with E-state index in [9.17, 15) is 4.79 Å². The van der Waals surface area contributed by atoms with Gasteiger partial charge in [-0.3, -0.25) is 4.79 Å². The molecule has 2 aromatic rings. The van der Waals surface area contributed by atoms with Gasteiger partial charge < -0.3 is 10.3 Å². The van der Waals surface area contributed by atoms with Gasteiger partial charge in [0.15, 0.2) is 0 Å². The van der Waals surface area contributed by atoms with E-state index in [-0.39, 0.29) is 5.91 Å². The number of rotatable bonds is 3. The molecule has 1 amide bonds. The van der Waals surface area contributed by atoms with Crippen molar-refractivity contribution >= 4 is 64.6 Å². The summed E-state index contributed by atoms with van der Waals surface area (Å²) in [5.74, 6) is -0.129. The van der Waals surface area contributed by atoms with Crippen molar-refractivity contribution in [1.29, 1.82) is 0 Å². The fourth-order valence-electron chi connectivity index (χ4n) is 1.58. The third kappa shape index (κ3) is 2.87. The molecule has 1 aromatic carbocycles. The van der Waals surface area contributed by atoms with Crippen molar-refractivity contribution in [3.05, 3.63) is 43.9 Å². The van der Waals surface area contributed by atoms with Gasteiger partial charge in [0.2, 0.25) is 0 Å². The minimum atomic E-state index is -0.129. The third-order valence-corrected chi connectivity index (χ3v) is 4.53. The normalized spacial score (nSPS) is 10.6. The quantitative estimate of drug-likeness (QED) is 0.739. The van der Waals surface area contributed by atoms with Gasteiger partial charge >= 0.3 is 0 Å². The number of aromatic nitrogens is 1. The summed E-state index contributed by atoms with van der Waals surface area (Å²) >= 11 is 10.1. The molecule has 2 rings (SSSR count). The van der Waals surface area contributed by atoms with Gasteiger partial charge in [0.25, 0.3) is 5.91 Å². The van der Waals surface area contributed by atoms with Crippen LogP contribution in [0, 0.1) is 0 Å². The molecule has 0 aliphatic rings. The van der Waals surface area contributed by atoms with Gasteiger partial charge in [-0.15, -0.1) is 0 Å². The number of hydrogen-bond acceptors (Lipinski definition) is 1. The zero-order chi connectivity index (χ0) is 13.3. The van der Waals surface area contributed by atoms with E-state index in [1.807, 2.05) is 12.1 Å². The van der Waals surface area contributed by atoms with E-state index < -0.39 is 0 Å². The average Bonchev–Trinajstić information content (AvgIpc) is 2.69. The second-order valence-electron chi connectivity index (χ2n) is 3.71. The van der Waals surface area contributed by atoms with Crippen LogP contribution < -0.4 is 5.32 Å². The first-order chi connectivity index (χ1) is 8.49. The molecule has 0 atom stereocenters. The third-order valence-electron chi connectivity index (χ3n) is 2.41. The number of halogens is 3. The first-order valence-electron chi connectivity index (χ1n) is 5.06. The van der Waals surface area contributed by atoms with Gasteiger partial charge in [-0.25, -0.2) is 0 Å². The molecule has 0 fully saturated rings. The Hall–Kier alpha value is -0.590. The van der Waals surface area contributed by atoms with Crippen LogP contribution in [-0.4, -0.2) is 17.4 Å². The molecule has 0 aliphatic carbocycles. The summed E-state index contributed by atoms with van der Waals surface area (Å²) in [4.78, 5) is 15.1. The van der Waals surface area contributed by atoms with Crippen LogP contribution in [0.5, 0.6) is 0 Å². The molecule has 0 aliphatic heterocycles. The highest BCUT2D eigenvalue weighted by atomic mass is 79.9. The van der Waals surface area contributed by atoms with Crippen molar-refractivity contribution in [3.8, 4) is 0 Å². The van der Waals surface area contributed by atoms with Crippen LogP contribution in [0.2, 0.25) is 0 Å². The minimum absolute atomic E-state index is 0.129. The van der Waals surface area contributed by atoms with E-state index in [4.69, 9.17) is 0 Å². The zero-order valence-electron chi connectivity index (χ0n) is 9.19. The van der Waals surface area contributed by atoms with Gasteiger partial charge in [0, 0.05) is 37.1 Å². The number of carbonyl (C=O) groups excluding carboxylic acids is 1. The lowest BCUT2D eigenvalue weighted by molar-refractivity contribution is 0.0959. The molecular formula is C12H9Br3N2O. The number of nitrogens with one attached hydrogen (secondary N) is 2. The van der Waals surface area contributed by atoms with Crippen molar-refractivity contribution in [2.24, 2.45) is 0 Å². The molecule has 0 saturated carbocycles. The molecule has 0 radical (unpaired) electrons. The summed E-state index contributed by atoms with van der Waals surface area (Å²) < 4.78 is 2.59. The van der Waals surface area contributed by atoms with E-state index in [0.29, 0.717) is 12.1 Å². The number of fused-ring (bicyclic) bond motifs is 1. The van der Waals surface area contributed by atoms with E-state index >= 15 is 0 Å². The number of hydrogen-bond donors (Lipinski definition) is 2. The van der Waals surface area contributed by atoms with E-state index in [1.54, 1.807) is 6.20 Å². The average molecular weight is 437 g/mol. The highest BCUT2D eigenvalue weighted by Gasteiger charge is 2.13. The fraction of sp³-hybridized carbons (Fsp3) is 0.0833. The predicted octanol–water partition coefficient (Wildman–Crippen LogP) is 4.33. The lowest BCUT2D eigenvalue weighted by Gasteiger charge is -2.03.